The molecule has 1 aromatic heterocycles. The maximum Gasteiger partial charge on any atom is 0.231 e. The lowest BCUT2D eigenvalue weighted by atomic mass is 9.76. The van der Waals surface area contributed by atoms with Gasteiger partial charge in [-0.25, -0.2) is 0 Å². The van der Waals surface area contributed by atoms with Crippen LogP contribution in [0.4, 0.5) is 11.9 Å². The van der Waals surface area contributed by atoms with Crippen molar-refractivity contribution in [2.45, 2.75) is 168 Å². The van der Waals surface area contributed by atoms with Crippen LogP contribution in [0.5, 0.6) is 0 Å². The first-order valence-electron chi connectivity index (χ1n) is 15.9. The van der Waals surface area contributed by atoms with E-state index in [-0.39, 0.29) is 31.0 Å². The summed E-state index contributed by atoms with van der Waals surface area (Å²) in [5, 5.41) is 3.69. The second-order valence-corrected chi connectivity index (χ2v) is 15.8. The van der Waals surface area contributed by atoms with Gasteiger partial charge in [0.05, 0.1) is 6.67 Å². The number of aromatic nitrogens is 3. The van der Waals surface area contributed by atoms with E-state index in [4.69, 9.17) is 15.0 Å². The normalized spacial score (nSPS) is 25.6. The number of likely N-dealkylation sites (tertiary alicyclic amines) is 2. The van der Waals surface area contributed by atoms with E-state index in [2.05, 4.69) is 101 Å². The lowest BCUT2D eigenvalue weighted by molar-refractivity contribution is -0.0449. The maximum absolute atomic E-state index is 5.13. The molecular formula is C33H66N8. The van der Waals surface area contributed by atoms with Crippen LogP contribution in [-0.4, -0.2) is 97.7 Å². The largest absolute Gasteiger partial charge is 0.351 e. The molecule has 0 unspecified atom stereocenters. The molecule has 3 fully saturated rings. The Kier molecular flexibility index (Phi) is 10.1. The van der Waals surface area contributed by atoms with Gasteiger partial charge in [0.25, 0.3) is 0 Å². The zero-order valence-corrected chi connectivity index (χ0v) is 27.9. The standard InChI is InChI=1S/C32H60N8.CH4.H2/c1-23-33-27(35-24-16-14-13-15-17-24)36-28(34-23)40(26-20-31(6,7)39(12)32(8,9)21-26)22-37(10)25-18-29(2,3)38(11)30(4,5)19-25;;/h24-26H,13-22H2,1-12H3,(H,33,34,35,36);1H4;1H. The molecule has 1 aromatic rings. The van der Waals surface area contributed by atoms with Crippen molar-refractivity contribution >= 4 is 11.9 Å². The van der Waals surface area contributed by atoms with Gasteiger partial charge in [-0.3, -0.25) is 14.7 Å². The summed E-state index contributed by atoms with van der Waals surface area (Å²) in [4.78, 5) is 25.1. The van der Waals surface area contributed by atoms with Crippen LogP contribution in [0.15, 0.2) is 0 Å². The van der Waals surface area contributed by atoms with Gasteiger partial charge in [-0.15, -0.1) is 0 Å². The van der Waals surface area contributed by atoms with Gasteiger partial charge in [0, 0.05) is 41.7 Å². The van der Waals surface area contributed by atoms with Crippen LogP contribution < -0.4 is 10.2 Å². The van der Waals surface area contributed by atoms with Crippen LogP contribution in [0, 0.1) is 6.92 Å². The molecule has 0 atom stereocenters. The molecule has 0 amide bonds. The fraction of sp³-hybridized carbons (Fsp3) is 0.909. The minimum absolute atomic E-state index is 0. The number of nitrogens with zero attached hydrogens (tertiary/aromatic N) is 7. The third kappa shape index (κ3) is 7.53. The van der Waals surface area contributed by atoms with E-state index in [1.165, 1.54) is 32.1 Å². The zero-order valence-electron chi connectivity index (χ0n) is 27.9. The van der Waals surface area contributed by atoms with Crippen molar-refractivity contribution < 1.29 is 1.43 Å². The monoisotopic (exact) mass is 575 g/mol. The first-order chi connectivity index (χ1) is 18.4. The molecule has 0 radical (unpaired) electrons. The lowest BCUT2D eigenvalue weighted by Crippen LogP contribution is -2.65. The highest BCUT2D eigenvalue weighted by molar-refractivity contribution is 5.39. The smallest absolute Gasteiger partial charge is 0.231 e. The van der Waals surface area contributed by atoms with Crippen LogP contribution in [0.25, 0.3) is 0 Å². The van der Waals surface area contributed by atoms with Crippen LogP contribution in [0.3, 0.4) is 0 Å². The van der Waals surface area contributed by atoms with Crippen molar-refractivity contribution in [3.05, 3.63) is 5.82 Å². The molecular weight excluding hydrogens is 508 g/mol. The van der Waals surface area contributed by atoms with Gasteiger partial charge in [0.1, 0.15) is 5.82 Å². The molecule has 1 aliphatic carbocycles. The Hall–Kier alpha value is -1.51. The summed E-state index contributed by atoms with van der Waals surface area (Å²) in [6.07, 6.45) is 10.7. The molecule has 8 nitrogen and oxygen atoms in total. The fourth-order valence-corrected chi connectivity index (χ4v) is 7.96. The van der Waals surface area contributed by atoms with Gasteiger partial charge in [-0.05, 0) is 122 Å². The summed E-state index contributed by atoms with van der Waals surface area (Å²) >= 11 is 0. The summed E-state index contributed by atoms with van der Waals surface area (Å²) in [6, 6.07) is 1.28. The Morgan fingerprint density at radius 1 is 0.756 bits per heavy atom. The molecule has 3 heterocycles. The highest BCUT2D eigenvalue weighted by atomic mass is 15.4. The first kappa shape index (κ1) is 34.0. The van der Waals surface area contributed by atoms with E-state index in [0.717, 1.165) is 50.1 Å². The summed E-state index contributed by atoms with van der Waals surface area (Å²) in [5.74, 6) is 2.37. The third-order valence-corrected chi connectivity index (χ3v) is 10.9. The summed E-state index contributed by atoms with van der Waals surface area (Å²) in [5.41, 5.74) is 0.436. The molecule has 0 spiro atoms. The van der Waals surface area contributed by atoms with Crippen molar-refractivity contribution in [1.82, 2.24) is 29.7 Å². The quantitative estimate of drug-likeness (QED) is 0.357. The molecule has 1 saturated carbocycles. The maximum atomic E-state index is 5.13. The number of nitrogens with one attached hydrogen (secondary N) is 1. The molecule has 8 heteroatoms. The van der Waals surface area contributed by atoms with Crippen molar-refractivity contribution in [2.24, 2.45) is 0 Å². The number of aryl methyl sites for hydroxylation is 1. The fourth-order valence-electron chi connectivity index (χ4n) is 7.96. The van der Waals surface area contributed by atoms with Crippen molar-refractivity contribution in [3.8, 4) is 0 Å². The molecule has 2 aliphatic heterocycles. The molecule has 4 rings (SSSR count). The van der Waals surface area contributed by atoms with Crippen molar-refractivity contribution in [2.75, 3.05) is 38.0 Å². The Bertz CT molecular complexity index is 983. The summed E-state index contributed by atoms with van der Waals surface area (Å²) in [6.45, 7) is 22.0. The third-order valence-electron chi connectivity index (χ3n) is 10.9. The Labute approximate surface area is 254 Å². The molecule has 41 heavy (non-hydrogen) atoms. The minimum atomic E-state index is 0. The number of hydrogen-bond acceptors (Lipinski definition) is 8. The molecule has 3 aliphatic rings. The van der Waals surface area contributed by atoms with Gasteiger partial charge >= 0.3 is 0 Å². The molecule has 238 valence electrons. The second-order valence-electron chi connectivity index (χ2n) is 15.8. The van der Waals surface area contributed by atoms with Gasteiger partial charge in [0.2, 0.25) is 11.9 Å². The van der Waals surface area contributed by atoms with Gasteiger partial charge in [-0.2, -0.15) is 15.0 Å². The molecule has 0 bridgehead atoms. The lowest BCUT2D eigenvalue weighted by Gasteiger charge is -2.57. The second kappa shape index (κ2) is 12.2. The predicted octanol–water partition coefficient (Wildman–Crippen LogP) is 6.81. The SMILES string of the molecule is C.Cc1nc(NC2CCCCC2)nc(N(CN(C)C2CC(C)(C)N(C)C(C)(C)C2)C2CC(C)(C)N(C)C(C)(C)C2)n1.[HH]. The van der Waals surface area contributed by atoms with E-state index in [1.807, 2.05) is 6.92 Å². The van der Waals surface area contributed by atoms with E-state index in [0.29, 0.717) is 18.1 Å². The average molecular weight is 575 g/mol. The van der Waals surface area contributed by atoms with Crippen LogP contribution in [0.2, 0.25) is 0 Å². The molecule has 0 aromatic carbocycles. The number of rotatable bonds is 7. The van der Waals surface area contributed by atoms with E-state index in [9.17, 15) is 0 Å². The van der Waals surface area contributed by atoms with Gasteiger partial charge in [-0.1, -0.05) is 26.7 Å². The summed E-state index contributed by atoms with van der Waals surface area (Å²) in [7, 11) is 6.89. The topological polar surface area (TPSA) is 63.7 Å². The Balaban J connectivity index is 0.00000308. The van der Waals surface area contributed by atoms with Crippen molar-refractivity contribution in [3.63, 3.8) is 0 Å². The molecule has 2 saturated heterocycles. The number of hydrogen-bond donors (Lipinski definition) is 1. The zero-order chi connectivity index (χ0) is 29.7. The van der Waals surface area contributed by atoms with Crippen LogP contribution in [-0.2, 0) is 0 Å². The van der Waals surface area contributed by atoms with Crippen LogP contribution in [0.1, 0.15) is 128 Å². The van der Waals surface area contributed by atoms with E-state index in [1.54, 1.807) is 0 Å². The number of anilines is 2. The van der Waals surface area contributed by atoms with Gasteiger partial charge in [0.15, 0.2) is 0 Å². The number of piperidine rings is 2. The van der Waals surface area contributed by atoms with Crippen molar-refractivity contribution in [1.29, 1.82) is 0 Å². The first-order valence-corrected chi connectivity index (χ1v) is 15.9. The Morgan fingerprint density at radius 3 is 1.71 bits per heavy atom. The predicted molar refractivity (Wildman–Crippen MR) is 177 cm³/mol. The average Bonchev–Trinajstić information content (AvgIpc) is 2.83. The Morgan fingerprint density at radius 2 is 1.22 bits per heavy atom. The highest BCUT2D eigenvalue weighted by Crippen LogP contribution is 2.41. The van der Waals surface area contributed by atoms with Crippen LogP contribution >= 0.6 is 0 Å². The molecule has 1 N–H and O–H groups in total. The van der Waals surface area contributed by atoms with E-state index < -0.39 is 0 Å². The highest BCUT2D eigenvalue weighted by Gasteiger charge is 2.47. The van der Waals surface area contributed by atoms with Gasteiger partial charge < -0.3 is 10.2 Å². The van der Waals surface area contributed by atoms with E-state index >= 15 is 0 Å². The minimum Gasteiger partial charge on any atom is -0.351 e. The summed E-state index contributed by atoms with van der Waals surface area (Å²) < 4.78 is 0.